The van der Waals surface area contributed by atoms with Crippen molar-refractivity contribution < 1.29 is 76.0 Å². The number of nitrogens with one attached hydrogen (secondary N) is 7. The summed E-state index contributed by atoms with van der Waals surface area (Å²) in [7, 11) is 1.42. The zero-order valence-electron chi connectivity index (χ0n) is 47.4. The van der Waals surface area contributed by atoms with Crippen LogP contribution in [-0.4, -0.2) is 130 Å². The van der Waals surface area contributed by atoms with Crippen molar-refractivity contribution in [3.05, 3.63) is 91.8 Å². The highest BCUT2D eigenvalue weighted by molar-refractivity contribution is 6.06. The van der Waals surface area contributed by atoms with E-state index in [1.807, 2.05) is 0 Å². The van der Waals surface area contributed by atoms with Crippen LogP contribution in [-0.2, 0) is 84.3 Å². The number of imide groups is 1. The Balaban J connectivity index is 0.927. The number of primary amides is 1. The summed E-state index contributed by atoms with van der Waals surface area (Å²) in [5.74, 6) is -9.08. The van der Waals surface area contributed by atoms with Gasteiger partial charge in [0, 0.05) is 72.8 Å². The first-order chi connectivity index (χ1) is 40.4. The number of nitrogens with two attached hydrogens (primary N) is 1. The lowest BCUT2D eigenvalue weighted by atomic mass is 9.83. The number of aromatic nitrogens is 2. The summed E-state index contributed by atoms with van der Waals surface area (Å²) in [6, 6.07) is 2.93. The molecule has 85 heavy (non-hydrogen) atoms. The zero-order valence-corrected chi connectivity index (χ0v) is 47.4. The molecule has 1 saturated heterocycles. The second kappa shape index (κ2) is 26.3. The Bertz CT molecular complexity index is 3430. The van der Waals surface area contributed by atoms with Gasteiger partial charge in [-0.2, -0.15) is 0 Å². The molecule has 2 aromatic carbocycles. The maximum atomic E-state index is 15.5. The molecule has 0 spiro atoms. The number of esters is 1. The predicted molar refractivity (Wildman–Crippen MR) is 296 cm³/mol. The number of ether oxygens (including phenoxy) is 3. The minimum atomic E-state index is -2.12. The van der Waals surface area contributed by atoms with Gasteiger partial charge in [0.05, 0.1) is 41.7 Å². The van der Waals surface area contributed by atoms with Crippen LogP contribution < -0.4 is 48.5 Å². The largest absolute Gasteiger partial charge is 0.458 e. The second-order valence-corrected chi connectivity index (χ2v) is 21.6. The summed E-state index contributed by atoms with van der Waals surface area (Å²) in [5.41, 5.74) is 4.81. The number of carbonyl (C=O) groups excluding carboxylic acids is 10. The summed E-state index contributed by atoms with van der Waals surface area (Å²) < 4.78 is 47.7. The monoisotopic (exact) mass is 1180 g/mol. The van der Waals surface area contributed by atoms with Crippen LogP contribution in [0.2, 0.25) is 0 Å². The maximum absolute atomic E-state index is 15.5. The highest BCUT2D eigenvalue weighted by atomic mass is 19.2. The van der Waals surface area contributed by atoms with Crippen molar-refractivity contribution in [1.82, 2.24) is 46.4 Å². The molecule has 10 amide bonds. The molecule has 5 heterocycles. The van der Waals surface area contributed by atoms with E-state index in [2.05, 4.69) is 42.2 Å². The van der Waals surface area contributed by atoms with E-state index >= 15 is 8.78 Å². The number of pyridine rings is 2. The molecule has 0 saturated carbocycles. The molecule has 0 bridgehead atoms. The van der Waals surface area contributed by atoms with Crippen molar-refractivity contribution in [3.8, 4) is 11.4 Å². The normalized spacial score (nSPS) is 18.5. The van der Waals surface area contributed by atoms with Crippen molar-refractivity contribution in [2.75, 3.05) is 38.7 Å². The number of halogens is 2. The topological polar surface area (TPSA) is 367 Å². The number of urea groups is 1. The Morgan fingerprint density at radius 1 is 0.906 bits per heavy atom. The lowest BCUT2D eigenvalue weighted by molar-refractivity contribution is -0.172. The molecule has 2 unspecified atom stereocenters. The fraction of sp³-hybridized carbons (Fsp3) is 0.474. The van der Waals surface area contributed by atoms with E-state index in [0.717, 1.165) is 11.0 Å². The number of methoxy groups -OCH3 is 1. The third-order valence-electron chi connectivity index (χ3n) is 15.5. The Kier molecular flexibility index (Phi) is 19.3. The van der Waals surface area contributed by atoms with Crippen LogP contribution in [0.3, 0.4) is 0 Å². The summed E-state index contributed by atoms with van der Waals surface area (Å²) in [6.45, 7) is 5.00. The minimum Gasteiger partial charge on any atom is -0.458 e. The van der Waals surface area contributed by atoms with E-state index < -0.39 is 125 Å². The van der Waals surface area contributed by atoms with Gasteiger partial charge in [-0.3, -0.25) is 43.3 Å². The summed E-state index contributed by atoms with van der Waals surface area (Å²) in [5, 5.41) is 30.1. The molecule has 2 aromatic heterocycles. The van der Waals surface area contributed by atoms with E-state index in [9.17, 15) is 57.8 Å². The van der Waals surface area contributed by atoms with Gasteiger partial charge in [0.2, 0.25) is 41.4 Å². The van der Waals surface area contributed by atoms with E-state index in [-0.39, 0.29) is 135 Å². The van der Waals surface area contributed by atoms with Gasteiger partial charge >= 0.3 is 18.1 Å². The fourth-order valence-corrected chi connectivity index (χ4v) is 10.9. The molecular weight excluding hydrogens is 1120 g/mol. The molecule has 454 valence electrons. The van der Waals surface area contributed by atoms with Gasteiger partial charge in [0.15, 0.2) is 17.2 Å². The Hall–Kier alpha value is -8.92. The number of hydrogen-bond donors (Lipinski definition) is 9. The molecule has 6 atom stereocenters. The first-order valence-corrected chi connectivity index (χ1v) is 27.8. The number of aliphatic hydroxyl groups is 1. The average molecular weight is 1180 g/mol. The fourth-order valence-electron chi connectivity index (χ4n) is 10.9. The van der Waals surface area contributed by atoms with Crippen LogP contribution in [0.15, 0.2) is 41.2 Å². The molecule has 28 heteroatoms. The van der Waals surface area contributed by atoms with Crippen molar-refractivity contribution in [3.63, 3.8) is 0 Å². The highest BCUT2D eigenvalue weighted by Crippen LogP contribution is 2.46. The quantitative estimate of drug-likeness (QED) is 0.0241. The van der Waals surface area contributed by atoms with Gasteiger partial charge < -0.3 is 66.8 Å². The molecule has 4 aromatic rings. The molecule has 1 aliphatic carbocycles. The average Bonchev–Trinajstić information content (AvgIpc) is 1.70. The second-order valence-electron chi connectivity index (χ2n) is 21.6. The maximum Gasteiger partial charge on any atom is 0.407 e. The van der Waals surface area contributed by atoms with Crippen molar-refractivity contribution in [2.45, 2.75) is 129 Å². The van der Waals surface area contributed by atoms with Gasteiger partial charge in [-0.15, -0.1) is 0 Å². The number of rotatable bonds is 24. The van der Waals surface area contributed by atoms with E-state index in [0.29, 0.717) is 16.7 Å². The summed E-state index contributed by atoms with van der Waals surface area (Å²) >= 11 is 0. The highest BCUT2D eigenvalue weighted by Gasteiger charge is 2.46. The van der Waals surface area contributed by atoms with Crippen LogP contribution in [0, 0.1) is 23.5 Å². The molecule has 0 radical (unpaired) electrons. The number of fused-ring (bicyclic) bond motifs is 5. The van der Waals surface area contributed by atoms with Crippen LogP contribution in [0.5, 0.6) is 0 Å². The Morgan fingerprint density at radius 3 is 2.31 bits per heavy atom. The van der Waals surface area contributed by atoms with Gasteiger partial charge in [-0.1, -0.05) is 39.8 Å². The van der Waals surface area contributed by atoms with Crippen LogP contribution in [0.4, 0.5) is 24.1 Å². The standard InChI is InChI=1S/C57H67F2N11O15/c1-6-57(82)34-21-40-48-32(23-69(40)53(78)33(34)26-84-54(57)79)45-36(14-13-31-44(45)39(65-48)22-35(58)46(31)59)67-56(81)85-25-29-9-11-30(12-10-29)63-49(74)37(8-7-17-62-55(60)80)66-51(76)47(27(2)3)68-50(75)38(15-18-61-41(71)16-19-83-5)64-42(72)24-70-43(73)20-28(4)52(70)77/h9-12,21-22,27-28,36-38,47,82H,6-8,13-20,23-26H2,1-5H3,(H,61,71)(H,63,74)(H,64,72)(H,66,76)(H,67,81)(H,68,75)(H3,60,62,80)/t28?,36-,37?,38-,47-,57-/m0/s1. The molecule has 10 N–H and O–H groups in total. The number of likely N-dealkylation sites (tertiary alicyclic amines) is 1. The number of nitrogens with zero attached hydrogens (tertiary/aromatic N) is 3. The third kappa shape index (κ3) is 13.5. The number of aryl methyl sites for hydroxylation is 1. The van der Waals surface area contributed by atoms with Crippen molar-refractivity contribution in [1.29, 1.82) is 0 Å². The lowest BCUT2D eigenvalue weighted by Gasteiger charge is -2.31. The van der Waals surface area contributed by atoms with E-state index in [1.165, 1.54) is 29.9 Å². The smallest absolute Gasteiger partial charge is 0.407 e. The zero-order chi connectivity index (χ0) is 61.6. The number of amides is 10. The van der Waals surface area contributed by atoms with Gasteiger partial charge in [-0.05, 0) is 73.8 Å². The van der Waals surface area contributed by atoms with Gasteiger partial charge in [0.1, 0.15) is 37.9 Å². The van der Waals surface area contributed by atoms with Crippen molar-refractivity contribution in [2.24, 2.45) is 17.6 Å². The number of carbonyl (C=O) groups is 10. The summed E-state index contributed by atoms with van der Waals surface area (Å²) in [4.78, 5) is 150. The van der Waals surface area contributed by atoms with Crippen LogP contribution in [0.25, 0.3) is 22.3 Å². The van der Waals surface area contributed by atoms with E-state index in [4.69, 9.17) is 19.9 Å². The van der Waals surface area contributed by atoms with E-state index in [1.54, 1.807) is 39.8 Å². The molecule has 3 aliphatic heterocycles. The lowest BCUT2D eigenvalue weighted by Crippen LogP contribution is -2.58. The number of cyclic esters (lactones) is 1. The number of alkyl carbamates (subject to hydrolysis) is 1. The van der Waals surface area contributed by atoms with Gasteiger partial charge in [-0.25, -0.2) is 28.1 Å². The summed E-state index contributed by atoms with van der Waals surface area (Å²) in [6.07, 6.45) is -0.995. The Labute approximate surface area is 485 Å². The number of benzene rings is 2. The SMILES string of the molecule is CC[C@@]1(O)C(=O)OCc2c1cc1n(c2=O)Cc2c-1nc1cc(F)c(F)c3c1c2[C@@H](NC(=O)OCc1ccc(NC(=O)C(CCCNC(N)=O)NC(=O)[C@@H](NC(=O)[C@H](CCNC(=O)CCOC)NC(=O)CN2C(=O)CC(C)C2=O)C(C)C)cc1)CC3. The number of anilines is 1. The molecule has 4 aliphatic rings. The van der Waals surface area contributed by atoms with Crippen LogP contribution in [0.1, 0.15) is 112 Å². The third-order valence-corrected chi connectivity index (χ3v) is 15.5. The minimum absolute atomic E-state index is 0.0100. The first kappa shape index (κ1) is 62.1. The Morgan fingerprint density at radius 2 is 1.64 bits per heavy atom. The van der Waals surface area contributed by atoms with Crippen LogP contribution >= 0.6 is 0 Å². The van der Waals surface area contributed by atoms with Gasteiger partial charge in [0.25, 0.3) is 5.56 Å². The molecule has 8 rings (SSSR count). The number of hydrogen-bond acceptors (Lipinski definition) is 16. The molecular formula is C57H67F2N11O15. The van der Waals surface area contributed by atoms with Crippen molar-refractivity contribution >= 4 is 76.0 Å². The molecule has 1 fully saturated rings. The first-order valence-electron chi connectivity index (χ1n) is 27.8. The predicted octanol–water partition coefficient (Wildman–Crippen LogP) is 1.71. The molecule has 26 nitrogen and oxygen atoms in total.